The lowest BCUT2D eigenvalue weighted by Gasteiger charge is -2.33. The number of anilines is 2. The molecule has 2 unspecified atom stereocenters. The summed E-state index contributed by atoms with van der Waals surface area (Å²) in [5.74, 6) is -5.76. The number of halogens is 4. The van der Waals surface area contributed by atoms with Gasteiger partial charge in [0.1, 0.15) is 23.0 Å². The van der Waals surface area contributed by atoms with Crippen LogP contribution in [0.5, 0.6) is 0 Å². The Bertz CT molecular complexity index is 1460. The molecule has 0 bridgehead atoms. The number of benzene rings is 2. The Hall–Kier alpha value is -3.22. The highest BCUT2D eigenvalue weighted by Gasteiger charge is 2.40. The molecule has 2 atom stereocenters. The van der Waals surface area contributed by atoms with Crippen molar-refractivity contribution >= 4 is 22.9 Å². The number of allylic oxidation sites excluding steroid dienone is 3. The van der Waals surface area contributed by atoms with E-state index in [4.69, 9.17) is 0 Å². The highest BCUT2D eigenvalue weighted by atomic mass is 19.1. The molecular formula is C42H57F4NO2. The molecule has 0 heterocycles. The Kier molecular flexibility index (Phi) is 14.1. The summed E-state index contributed by atoms with van der Waals surface area (Å²) in [5, 5.41) is 0. The van der Waals surface area contributed by atoms with Crippen LogP contribution in [0.2, 0.25) is 0 Å². The number of unbranched alkanes of at least 4 members (excludes halogenated alkanes) is 6. The van der Waals surface area contributed by atoms with Crippen molar-refractivity contribution in [2.75, 3.05) is 4.90 Å². The van der Waals surface area contributed by atoms with Crippen molar-refractivity contribution in [1.29, 1.82) is 0 Å². The summed E-state index contributed by atoms with van der Waals surface area (Å²) in [7, 11) is 0. The lowest BCUT2D eigenvalue weighted by atomic mass is 9.72. The summed E-state index contributed by atoms with van der Waals surface area (Å²) >= 11 is 0. The lowest BCUT2D eigenvalue weighted by molar-refractivity contribution is 0.0735. The fraction of sp³-hybridized carbons (Fsp3) is 0.571. The van der Waals surface area contributed by atoms with Gasteiger partial charge in [0, 0.05) is 22.9 Å². The second-order valence-corrected chi connectivity index (χ2v) is 15.2. The van der Waals surface area contributed by atoms with Crippen molar-refractivity contribution in [2.45, 2.75) is 133 Å². The van der Waals surface area contributed by atoms with Crippen LogP contribution in [0.4, 0.5) is 28.9 Å². The van der Waals surface area contributed by atoms with Crippen molar-refractivity contribution in [3.05, 3.63) is 82.1 Å². The standard InChI is InChI=1S/C42H57F4NO2/c1-10-12-14-16-20-28(4)41(6,7)39(48)30-23-25-32(43)37(35(30)45)47(34-22-18-19-27(34)3)38-33(44)26-24-31(36(38)46)40(49)42(8,9)29(5)21-17-15-13-11-2/h18-19,23-26,28-29H,10-17,20-22H2,1-9H3. The molecular weight excluding hydrogens is 626 g/mol. The van der Waals surface area contributed by atoms with Crippen LogP contribution in [-0.2, 0) is 0 Å². The van der Waals surface area contributed by atoms with Crippen LogP contribution >= 0.6 is 0 Å². The smallest absolute Gasteiger partial charge is 0.171 e. The maximum atomic E-state index is 16.8. The van der Waals surface area contributed by atoms with Gasteiger partial charge in [0.25, 0.3) is 0 Å². The molecule has 0 spiro atoms. The first-order chi connectivity index (χ1) is 23.0. The molecule has 1 aliphatic carbocycles. The third kappa shape index (κ3) is 8.75. The predicted octanol–water partition coefficient (Wildman–Crippen LogP) is 13.2. The molecule has 49 heavy (non-hydrogen) atoms. The van der Waals surface area contributed by atoms with Gasteiger partial charge in [-0.3, -0.25) is 9.59 Å². The van der Waals surface area contributed by atoms with Crippen molar-refractivity contribution in [2.24, 2.45) is 22.7 Å². The summed E-state index contributed by atoms with van der Waals surface area (Å²) in [5.41, 5.74) is -3.37. The molecule has 3 rings (SSSR count). The van der Waals surface area contributed by atoms with E-state index in [1.165, 1.54) is 0 Å². The van der Waals surface area contributed by atoms with E-state index in [0.717, 1.165) is 93.4 Å². The molecule has 0 saturated carbocycles. The van der Waals surface area contributed by atoms with Crippen molar-refractivity contribution in [3.63, 3.8) is 0 Å². The predicted molar refractivity (Wildman–Crippen MR) is 193 cm³/mol. The number of Topliss-reactive ketones (excluding diaryl/α,β-unsaturated/α-hetero) is 2. The molecule has 0 radical (unpaired) electrons. The molecule has 2 aromatic rings. The monoisotopic (exact) mass is 683 g/mol. The number of rotatable bonds is 19. The van der Waals surface area contributed by atoms with Crippen LogP contribution in [-0.4, -0.2) is 11.6 Å². The second-order valence-electron chi connectivity index (χ2n) is 15.2. The van der Waals surface area contributed by atoms with E-state index in [1.54, 1.807) is 46.8 Å². The third-order valence-electron chi connectivity index (χ3n) is 11.1. The van der Waals surface area contributed by atoms with Gasteiger partial charge in [-0.05, 0) is 61.4 Å². The Balaban J connectivity index is 2.16. The number of hydrogen-bond acceptors (Lipinski definition) is 3. The highest BCUT2D eigenvalue weighted by molar-refractivity contribution is 6.03. The molecule has 0 amide bonds. The Labute approximate surface area is 292 Å². The summed E-state index contributed by atoms with van der Waals surface area (Å²) < 4.78 is 65.5. The van der Waals surface area contributed by atoms with Gasteiger partial charge in [-0.25, -0.2) is 17.6 Å². The third-order valence-corrected chi connectivity index (χ3v) is 11.1. The maximum absolute atomic E-state index is 16.8. The van der Waals surface area contributed by atoms with E-state index < -0.39 is 57.0 Å². The van der Waals surface area contributed by atoms with Gasteiger partial charge < -0.3 is 4.90 Å². The van der Waals surface area contributed by atoms with E-state index in [9.17, 15) is 9.59 Å². The zero-order chi connectivity index (χ0) is 36.7. The number of ketones is 2. The summed E-state index contributed by atoms with van der Waals surface area (Å²) in [6, 6.07) is 4.19. The SMILES string of the molecule is CCCCCCC(C)C(C)(C)C(=O)c1ccc(F)c(N(C2=C(C)C=CC2)c2c(F)ccc(C(=O)C(C)(C)C(C)CCCCCC)c2F)c1F. The van der Waals surface area contributed by atoms with Gasteiger partial charge in [-0.2, -0.15) is 0 Å². The molecule has 3 nitrogen and oxygen atoms in total. The molecule has 270 valence electrons. The average molecular weight is 684 g/mol. The van der Waals surface area contributed by atoms with Crippen LogP contribution in [0.1, 0.15) is 154 Å². The molecule has 0 aromatic heterocycles. The molecule has 0 aliphatic heterocycles. The topological polar surface area (TPSA) is 37.4 Å². The number of hydrogen-bond donors (Lipinski definition) is 0. The van der Waals surface area contributed by atoms with E-state index in [1.807, 2.05) is 13.8 Å². The van der Waals surface area contributed by atoms with Gasteiger partial charge in [0.2, 0.25) is 0 Å². The minimum absolute atomic E-state index is 0.0974. The quantitative estimate of drug-likeness (QED) is 0.0840. The molecule has 0 saturated heterocycles. The van der Waals surface area contributed by atoms with Gasteiger partial charge in [-0.15, -0.1) is 0 Å². The fourth-order valence-electron chi connectivity index (χ4n) is 6.71. The zero-order valence-corrected chi connectivity index (χ0v) is 31.2. The van der Waals surface area contributed by atoms with Crippen LogP contribution < -0.4 is 4.90 Å². The first-order valence-electron chi connectivity index (χ1n) is 18.3. The number of carbonyl (C=O) groups excluding carboxylic acids is 2. The Morgan fingerprint density at radius 1 is 0.694 bits per heavy atom. The zero-order valence-electron chi connectivity index (χ0n) is 31.2. The molecule has 2 aromatic carbocycles. The van der Waals surface area contributed by atoms with Gasteiger partial charge in [-0.1, -0.05) is 119 Å². The molecule has 1 aliphatic rings. The highest BCUT2D eigenvalue weighted by Crippen LogP contribution is 2.45. The number of nitrogens with zero attached hydrogens (tertiary/aromatic N) is 1. The van der Waals surface area contributed by atoms with Crippen LogP contribution in [0, 0.1) is 45.9 Å². The van der Waals surface area contributed by atoms with E-state index in [-0.39, 0.29) is 35.1 Å². The summed E-state index contributed by atoms with van der Waals surface area (Å²) in [4.78, 5) is 28.9. The Morgan fingerprint density at radius 3 is 1.45 bits per heavy atom. The van der Waals surface area contributed by atoms with Crippen molar-refractivity contribution < 1.29 is 27.2 Å². The first-order valence-corrected chi connectivity index (χ1v) is 18.3. The minimum atomic E-state index is -1.19. The maximum Gasteiger partial charge on any atom is 0.171 e. The van der Waals surface area contributed by atoms with E-state index in [0.29, 0.717) is 5.57 Å². The van der Waals surface area contributed by atoms with E-state index in [2.05, 4.69) is 13.8 Å². The summed E-state index contributed by atoms with van der Waals surface area (Å²) in [6.07, 6.45) is 13.4. The van der Waals surface area contributed by atoms with Gasteiger partial charge in [0.05, 0.1) is 11.1 Å². The first kappa shape index (κ1) is 40.2. The summed E-state index contributed by atoms with van der Waals surface area (Å²) in [6.45, 7) is 16.9. The van der Waals surface area contributed by atoms with Crippen LogP contribution in [0.15, 0.2) is 47.7 Å². The van der Waals surface area contributed by atoms with Crippen molar-refractivity contribution in [1.82, 2.24) is 0 Å². The van der Waals surface area contributed by atoms with Crippen LogP contribution in [0.25, 0.3) is 0 Å². The average Bonchev–Trinajstić information content (AvgIpc) is 3.48. The van der Waals surface area contributed by atoms with Crippen molar-refractivity contribution in [3.8, 4) is 0 Å². The Morgan fingerprint density at radius 2 is 1.10 bits per heavy atom. The normalized spacial score (nSPS) is 14.8. The minimum Gasteiger partial charge on any atom is -0.303 e. The lowest BCUT2D eigenvalue weighted by Crippen LogP contribution is -2.33. The van der Waals surface area contributed by atoms with Gasteiger partial charge in [0.15, 0.2) is 23.2 Å². The second kappa shape index (κ2) is 17.1. The number of carbonyl (C=O) groups is 2. The molecule has 0 N–H and O–H groups in total. The molecule has 7 heteroatoms. The van der Waals surface area contributed by atoms with Crippen LogP contribution in [0.3, 0.4) is 0 Å². The largest absolute Gasteiger partial charge is 0.303 e. The fourth-order valence-corrected chi connectivity index (χ4v) is 6.71. The van der Waals surface area contributed by atoms with E-state index >= 15 is 17.6 Å². The van der Waals surface area contributed by atoms with Gasteiger partial charge >= 0.3 is 0 Å². The molecule has 0 fully saturated rings.